The zero-order valence-electron chi connectivity index (χ0n) is 19.6. The molecule has 0 saturated carbocycles. The predicted molar refractivity (Wildman–Crippen MR) is 133 cm³/mol. The number of hydrogen-bond acceptors (Lipinski definition) is 5. The molecule has 1 aliphatic rings. The monoisotopic (exact) mass is 469 g/mol. The summed E-state index contributed by atoms with van der Waals surface area (Å²) in [4.78, 5) is 32.3. The van der Waals surface area contributed by atoms with Gasteiger partial charge in [-0.25, -0.2) is 0 Å². The lowest BCUT2D eigenvalue weighted by molar-refractivity contribution is 0.0737. The molecule has 2 aromatic carbocycles. The Morgan fingerprint density at radius 2 is 1.97 bits per heavy atom. The number of fused-ring (bicyclic) bond motifs is 1. The molecular weight excluding hydrogens is 442 g/mol. The highest BCUT2D eigenvalue weighted by atomic mass is 16.5. The number of hydrogen-bond donors (Lipinski definition) is 1. The van der Waals surface area contributed by atoms with Crippen molar-refractivity contribution >= 4 is 28.4 Å². The number of para-hydroxylation sites is 1. The summed E-state index contributed by atoms with van der Waals surface area (Å²) in [7, 11) is 1.75. The van der Waals surface area contributed by atoms with Crippen LogP contribution in [-0.2, 0) is 18.2 Å². The van der Waals surface area contributed by atoms with E-state index in [0.29, 0.717) is 43.1 Å². The number of nitrogens with zero attached hydrogens (tertiary/aromatic N) is 4. The Morgan fingerprint density at radius 1 is 1.11 bits per heavy atom. The second kappa shape index (κ2) is 10.1. The highest BCUT2D eigenvalue weighted by Crippen LogP contribution is 2.22. The van der Waals surface area contributed by atoms with E-state index in [4.69, 9.17) is 4.74 Å². The number of carbonyl (C=O) groups is 2. The average Bonchev–Trinajstić information content (AvgIpc) is 3.18. The molecular formula is C27H27N5O3. The molecule has 178 valence electrons. The van der Waals surface area contributed by atoms with Crippen LogP contribution in [0, 0.1) is 5.92 Å². The molecule has 1 fully saturated rings. The van der Waals surface area contributed by atoms with Crippen LogP contribution in [0.25, 0.3) is 10.9 Å². The van der Waals surface area contributed by atoms with Gasteiger partial charge in [0.2, 0.25) is 0 Å². The molecule has 0 bridgehead atoms. The Labute approximate surface area is 203 Å². The number of anilines is 1. The van der Waals surface area contributed by atoms with Gasteiger partial charge in [0.05, 0.1) is 30.5 Å². The van der Waals surface area contributed by atoms with Crippen LogP contribution < -0.4 is 5.32 Å². The molecule has 0 aliphatic carbocycles. The summed E-state index contributed by atoms with van der Waals surface area (Å²) in [6.07, 6.45) is 5.74. The average molecular weight is 470 g/mol. The SMILES string of the molecule is Cn1cc(C(=O)Nc2cccc(C(=O)N3CCOCC(Cc4cccc5cccnc45)C3)c2)cn1. The van der Waals surface area contributed by atoms with Crippen molar-refractivity contribution in [2.75, 3.05) is 31.6 Å². The number of aryl methyl sites for hydroxylation is 1. The zero-order valence-corrected chi connectivity index (χ0v) is 19.6. The molecule has 0 spiro atoms. The van der Waals surface area contributed by atoms with E-state index in [1.54, 1.807) is 42.2 Å². The molecule has 1 aliphatic heterocycles. The van der Waals surface area contributed by atoms with E-state index < -0.39 is 0 Å². The summed E-state index contributed by atoms with van der Waals surface area (Å²) < 4.78 is 7.43. The second-order valence-corrected chi connectivity index (χ2v) is 8.83. The summed E-state index contributed by atoms with van der Waals surface area (Å²) >= 11 is 0. The number of rotatable bonds is 5. The number of benzene rings is 2. The van der Waals surface area contributed by atoms with Crippen molar-refractivity contribution in [3.05, 3.63) is 89.9 Å². The van der Waals surface area contributed by atoms with E-state index in [9.17, 15) is 9.59 Å². The fraction of sp³-hybridized carbons (Fsp3) is 0.259. The first-order valence-corrected chi connectivity index (χ1v) is 11.7. The third kappa shape index (κ3) is 5.22. The van der Waals surface area contributed by atoms with Crippen LogP contribution in [0.1, 0.15) is 26.3 Å². The van der Waals surface area contributed by atoms with Crippen LogP contribution in [0.5, 0.6) is 0 Å². The first-order valence-electron chi connectivity index (χ1n) is 11.7. The maximum atomic E-state index is 13.4. The Hall–Kier alpha value is -4.04. The summed E-state index contributed by atoms with van der Waals surface area (Å²) in [5.74, 6) is -0.189. The minimum absolute atomic E-state index is 0.0750. The van der Waals surface area contributed by atoms with Crippen LogP contribution in [0.3, 0.4) is 0 Å². The molecule has 0 radical (unpaired) electrons. The Balaban J connectivity index is 1.30. The molecule has 3 heterocycles. The van der Waals surface area contributed by atoms with Gasteiger partial charge in [-0.3, -0.25) is 19.3 Å². The molecule has 2 aromatic heterocycles. The van der Waals surface area contributed by atoms with E-state index in [2.05, 4.69) is 33.6 Å². The number of amides is 2. The number of pyridine rings is 1. The Bertz CT molecular complexity index is 1360. The number of aromatic nitrogens is 3. The lowest BCUT2D eigenvalue weighted by atomic mass is 9.97. The third-order valence-electron chi connectivity index (χ3n) is 6.18. The van der Waals surface area contributed by atoms with Gasteiger partial charge < -0.3 is 15.0 Å². The van der Waals surface area contributed by atoms with Crippen LogP contribution in [0.2, 0.25) is 0 Å². The molecule has 8 heteroatoms. The fourth-order valence-electron chi connectivity index (χ4n) is 4.49. The van der Waals surface area contributed by atoms with Gasteiger partial charge in [-0.1, -0.05) is 30.3 Å². The molecule has 2 amide bonds. The lowest BCUT2D eigenvalue weighted by Gasteiger charge is -2.24. The number of ether oxygens (including phenoxy) is 1. The smallest absolute Gasteiger partial charge is 0.258 e. The summed E-state index contributed by atoms with van der Waals surface area (Å²) in [6.45, 7) is 2.20. The van der Waals surface area contributed by atoms with Gasteiger partial charge in [0.15, 0.2) is 0 Å². The number of carbonyl (C=O) groups excluding carboxylic acids is 2. The van der Waals surface area contributed by atoms with E-state index in [1.165, 1.54) is 6.20 Å². The minimum Gasteiger partial charge on any atom is -0.379 e. The van der Waals surface area contributed by atoms with Crippen molar-refractivity contribution in [2.24, 2.45) is 13.0 Å². The standard InChI is InChI=1S/C27H27N5O3/c1-31-17-23(15-29-31)26(33)30-24-9-3-7-22(14-24)27(34)32-11-12-35-18-19(16-32)13-21-6-2-5-20-8-4-10-28-25(20)21/h2-10,14-15,17,19H,11-13,16,18H2,1H3,(H,30,33). The van der Waals surface area contributed by atoms with Crippen molar-refractivity contribution in [3.63, 3.8) is 0 Å². The molecule has 4 aromatic rings. The van der Waals surface area contributed by atoms with Crippen LogP contribution in [0.15, 0.2) is 73.2 Å². The molecule has 1 N–H and O–H groups in total. The van der Waals surface area contributed by atoms with Crippen molar-refractivity contribution in [1.82, 2.24) is 19.7 Å². The van der Waals surface area contributed by atoms with Crippen molar-refractivity contribution in [2.45, 2.75) is 6.42 Å². The van der Waals surface area contributed by atoms with Crippen LogP contribution >= 0.6 is 0 Å². The highest BCUT2D eigenvalue weighted by Gasteiger charge is 2.24. The van der Waals surface area contributed by atoms with Gasteiger partial charge in [0.25, 0.3) is 11.8 Å². The quantitative estimate of drug-likeness (QED) is 0.483. The van der Waals surface area contributed by atoms with Gasteiger partial charge in [-0.2, -0.15) is 5.10 Å². The Kier molecular flexibility index (Phi) is 6.54. The van der Waals surface area contributed by atoms with E-state index in [-0.39, 0.29) is 17.7 Å². The lowest BCUT2D eigenvalue weighted by Crippen LogP contribution is -2.36. The molecule has 5 rings (SSSR count). The van der Waals surface area contributed by atoms with Gasteiger partial charge in [-0.05, 0) is 36.2 Å². The summed E-state index contributed by atoms with van der Waals surface area (Å²) in [5.41, 5.74) is 3.70. The van der Waals surface area contributed by atoms with Gasteiger partial charge >= 0.3 is 0 Å². The maximum absolute atomic E-state index is 13.4. The highest BCUT2D eigenvalue weighted by molar-refractivity contribution is 6.04. The maximum Gasteiger partial charge on any atom is 0.258 e. The molecule has 35 heavy (non-hydrogen) atoms. The van der Waals surface area contributed by atoms with Gasteiger partial charge in [0, 0.05) is 55.1 Å². The van der Waals surface area contributed by atoms with Crippen LogP contribution in [-0.4, -0.2) is 57.8 Å². The van der Waals surface area contributed by atoms with E-state index in [0.717, 1.165) is 22.9 Å². The van der Waals surface area contributed by atoms with E-state index in [1.807, 2.05) is 23.2 Å². The van der Waals surface area contributed by atoms with Gasteiger partial charge in [-0.15, -0.1) is 0 Å². The Morgan fingerprint density at radius 3 is 2.83 bits per heavy atom. The third-order valence-corrected chi connectivity index (χ3v) is 6.18. The first-order chi connectivity index (χ1) is 17.1. The topological polar surface area (TPSA) is 89.4 Å². The molecule has 1 unspecified atom stereocenters. The van der Waals surface area contributed by atoms with Crippen LogP contribution in [0.4, 0.5) is 5.69 Å². The summed E-state index contributed by atoms with van der Waals surface area (Å²) in [6, 6.07) is 17.2. The normalized spacial score (nSPS) is 16.1. The van der Waals surface area contributed by atoms with Crippen molar-refractivity contribution in [1.29, 1.82) is 0 Å². The summed E-state index contributed by atoms with van der Waals surface area (Å²) in [5, 5.41) is 7.98. The predicted octanol–water partition coefficient (Wildman–Crippen LogP) is 3.55. The van der Waals surface area contributed by atoms with Gasteiger partial charge in [0.1, 0.15) is 0 Å². The fourth-order valence-corrected chi connectivity index (χ4v) is 4.49. The van der Waals surface area contributed by atoms with Crippen molar-refractivity contribution in [3.8, 4) is 0 Å². The van der Waals surface area contributed by atoms with E-state index >= 15 is 0 Å². The molecule has 1 saturated heterocycles. The number of nitrogens with one attached hydrogen (secondary N) is 1. The molecule has 1 atom stereocenters. The minimum atomic E-state index is -0.269. The largest absolute Gasteiger partial charge is 0.379 e. The molecule has 8 nitrogen and oxygen atoms in total. The van der Waals surface area contributed by atoms with Crippen molar-refractivity contribution < 1.29 is 14.3 Å². The second-order valence-electron chi connectivity index (χ2n) is 8.83. The zero-order chi connectivity index (χ0) is 24.2. The first kappa shape index (κ1) is 22.7.